The number of ether oxygens (including phenoxy) is 3. The van der Waals surface area contributed by atoms with Gasteiger partial charge in [0.25, 0.3) is 0 Å². The number of rotatable bonds is 8. The molecule has 1 saturated heterocycles. The van der Waals surface area contributed by atoms with Gasteiger partial charge in [-0.25, -0.2) is 4.79 Å². The number of hydrogen-bond donors (Lipinski definition) is 1. The maximum atomic E-state index is 13.0. The lowest BCUT2D eigenvalue weighted by atomic mass is 10.2. The highest BCUT2D eigenvalue weighted by Crippen LogP contribution is 2.28. The van der Waals surface area contributed by atoms with Crippen LogP contribution in [0.15, 0.2) is 48.5 Å². The molecule has 156 valence electrons. The minimum atomic E-state index is -0.126. The quantitative estimate of drug-likeness (QED) is 0.739. The first-order valence-corrected chi connectivity index (χ1v) is 9.81. The molecule has 3 rings (SSSR count). The number of carbonyl (C=O) groups excluding carboxylic acids is 1. The SMILES string of the molecule is COc1ccc(CN(CCN2CCOCC2)C(=O)Nc2ccccc2)cc1OC. The number of nitrogens with zero attached hydrogens (tertiary/aromatic N) is 2. The van der Waals surface area contributed by atoms with Crippen molar-refractivity contribution in [3.8, 4) is 11.5 Å². The van der Waals surface area contributed by atoms with E-state index in [0.29, 0.717) is 24.6 Å². The van der Waals surface area contributed by atoms with Gasteiger partial charge in [-0.15, -0.1) is 0 Å². The average Bonchev–Trinajstić information content (AvgIpc) is 2.77. The second kappa shape index (κ2) is 10.7. The summed E-state index contributed by atoms with van der Waals surface area (Å²) in [5.41, 5.74) is 1.76. The van der Waals surface area contributed by atoms with Gasteiger partial charge in [0.2, 0.25) is 0 Å². The van der Waals surface area contributed by atoms with Crippen LogP contribution in [-0.4, -0.2) is 69.4 Å². The van der Waals surface area contributed by atoms with Gasteiger partial charge in [-0.2, -0.15) is 0 Å². The maximum Gasteiger partial charge on any atom is 0.322 e. The molecule has 0 aliphatic carbocycles. The molecule has 1 fully saturated rings. The van der Waals surface area contributed by atoms with Crippen molar-refractivity contribution < 1.29 is 19.0 Å². The molecule has 2 aromatic rings. The highest BCUT2D eigenvalue weighted by Gasteiger charge is 2.18. The molecule has 7 nitrogen and oxygen atoms in total. The first-order valence-electron chi connectivity index (χ1n) is 9.81. The van der Waals surface area contributed by atoms with Crippen LogP contribution >= 0.6 is 0 Å². The van der Waals surface area contributed by atoms with E-state index in [1.807, 2.05) is 53.4 Å². The van der Waals surface area contributed by atoms with E-state index in [2.05, 4.69) is 10.2 Å². The standard InChI is InChI=1S/C22H29N3O4/c1-27-20-9-8-18(16-21(20)28-2)17-25(11-10-24-12-14-29-15-13-24)22(26)23-19-6-4-3-5-7-19/h3-9,16H,10-15,17H2,1-2H3,(H,23,26). The number of urea groups is 1. The van der Waals surface area contributed by atoms with Gasteiger partial charge in [0.05, 0.1) is 27.4 Å². The molecule has 0 bridgehead atoms. The van der Waals surface area contributed by atoms with Gasteiger partial charge >= 0.3 is 6.03 Å². The predicted octanol–water partition coefficient (Wildman–Crippen LogP) is 3.07. The van der Waals surface area contributed by atoms with E-state index < -0.39 is 0 Å². The Bertz CT molecular complexity index is 779. The Morgan fingerprint density at radius 3 is 2.48 bits per heavy atom. The number of para-hydroxylation sites is 1. The molecular formula is C22H29N3O4. The molecule has 1 aliphatic rings. The van der Waals surface area contributed by atoms with Gasteiger partial charge in [-0.3, -0.25) is 4.90 Å². The lowest BCUT2D eigenvalue weighted by Gasteiger charge is -2.30. The molecule has 1 heterocycles. The van der Waals surface area contributed by atoms with E-state index in [0.717, 1.165) is 44.1 Å². The molecule has 1 N–H and O–H groups in total. The van der Waals surface area contributed by atoms with Crippen LogP contribution < -0.4 is 14.8 Å². The van der Waals surface area contributed by atoms with Crippen molar-refractivity contribution >= 4 is 11.7 Å². The van der Waals surface area contributed by atoms with Crippen molar-refractivity contribution in [3.05, 3.63) is 54.1 Å². The molecule has 2 aromatic carbocycles. The van der Waals surface area contributed by atoms with Crippen LogP contribution in [0.25, 0.3) is 0 Å². The van der Waals surface area contributed by atoms with Gasteiger partial charge < -0.3 is 24.4 Å². The number of amides is 2. The molecule has 29 heavy (non-hydrogen) atoms. The van der Waals surface area contributed by atoms with Crippen LogP contribution in [0, 0.1) is 0 Å². The van der Waals surface area contributed by atoms with Crippen LogP contribution in [-0.2, 0) is 11.3 Å². The Hall–Kier alpha value is -2.77. The summed E-state index contributed by atoms with van der Waals surface area (Å²) in [5, 5.41) is 2.99. The number of methoxy groups -OCH3 is 2. The summed E-state index contributed by atoms with van der Waals surface area (Å²) in [7, 11) is 3.22. The molecular weight excluding hydrogens is 370 g/mol. The summed E-state index contributed by atoms with van der Waals surface area (Å²) >= 11 is 0. The van der Waals surface area contributed by atoms with Gasteiger partial charge in [-0.05, 0) is 29.8 Å². The first kappa shape index (κ1) is 21.0. The molecule has 1 aliphatic heterocycles. The van der Waals surface area contributed by atoms with Crippen LogP contribution in [0.3, 0.4) is 0 Å². The van der Waals surface area contributed by atoms with Crippen molar-refractivity contribution in [3.63, 3.8) is 0 Å². The topological polar surface area (TPSA) is 63.3 Å². The number of anilines is 1. The Kier molecular flexibility index (Phi) is 7.72. The minimum Gasteiger partial charge on any atom is -0.493 e. The van der Waals surface area contributed by atoms with Gasteiger partial charge in [0, 0.05) is 38.4 Å². The van der Waals surface area contributed by atoms with Crippen LogP contribution in [0.4, 0.5) is 10.5 Å². The molecule has 0 spiro atoms. The molecule has 0 radical (unpaired) electrons. The van der Waals surface area contributed by atoms with E-state index >= 15 is 0 Å². The monoisotopic (exact) mass is 399 g/mol. The zero-order valence-corrected chi connectivity index (χ0v) is 17.1. The summed E-state index contributed by atoms with van der Waals surface area (Å²) in [6.45, 7) is 5.17. The van der Waals surface area contributed by atoms with Gasteiger partial charge in [0.1, 0.15) is 0 Å². The smallest absolute Gasteiger partial charge is 0.322 e. The fourth-order valence-electron chi connectivity index (χ4n) is 3.26. The maximum absolute atomic E-state index is 13.0. The zero-order valence-electron chi connectivity index (χ0n) is 17.1. The van der Waals surface area contributed by atoms with Gasteiger partial charge in [0.15, 0.2) is 11.5 Å². The normalized spacial score (nSPS) is 14.3. The first-order chi connectivity index (χ1) is 14.2. The van der Waals surface area contributed by atoms with Crippen molar-refractivity contribution in [2.24, 2.45) is 0 Å². The lowest BCUT2D eigenvalue weighted by Crippen LogP contribution is -2.44. The van der Waals surface area contributed by atoms with Crippen molar-refractivity contribution in [2.75, 3.05) is 58.9 Å². The third-order valence-corrected chi connectivity index (χ3v) is 4.92. The summed E-state index contributed by atoms with van der Waals surface area (Å²) < 4.78 is 16.1. The summed E-state index contributed by atoms with van der Waals surface area (Å²) in [6.07, 6.45) is 0. The number of nitrogens with one attached hydrogen (secondary N) is 1. The third-order valence-electron chi connectivity index (χ3n) is 4.92. The fourth-order valence-corrected chi connectivity index (χ4v) is 3.26. The Morgan fingerprint density at radius 2 is 1.79 bits per heavy atom. The largest absolute Gasteiger partial charge is 0.493 e. The number of benzene rings is 2. The van der Waals surface area contributed by atoms with E-state index in [4.69, 9.17) is 14.2 Å². The van der Waals surface area contributed by atoms with E-state index in [1.54, 1.807) is 14.2 Å². The van der Waals surface area contributed by atoms with E-state index in [9.17, 15) is 4.79 Å². The van der Waals surface area contributed by atoms with Gasteiger partial charge in [-0.1, -0.05) is 24.3 Å². The molecule has 0 aromatic heterocycles. The molecule has 0 unspecified atom stereocenters. The third kappa shape index (κ3) is 6.10. The number of hydrogen-bond acceptors (Lipinski definition) is 5. The highest BCUT2D eigenvalue weighted by molar-refractivity contribution is 5.89. The van der Waals surface area contributed by atoms with Crippen molar-refractivity contribution in [1.82, 2.24) is 9.80 Å². The second-order valence-corrected chi connectivity index (χ2v) is 6.86. The average molecular weight is 399 g/mol. The Balaban J connectivity index is 1.71. The molecule has 0 saturated carbocycles. The summed E-state index contributed by atoms with van der Waals surface area (Å²) in [6, 6.07) is 15.1. The summed E-state index contributed by atoms with van der Waals surface area (Å²) in [4.78, 5) is 17.1. The number of morpholine rings is 1. The molecule has 0 atom stereocenters. The Labute approximate surface area is 172 Å². The predicted molar refractivity (Wildman–Crippen MR) is 113 cm³/mol. The lowest BCUT2D eigenvalue weighted by molar-refractivity contribution is 0.0349. The van der Waals surface area contributed by atoms with E-state index in [-0.39, 0.29) is 6.03 Å². The number of carbonyl (C=O) groups is 1. The second-order valence-electron chi connectivity index (χ2n) is 6.86. The van der Waals surface area contributed by atoms with Crippen LogP contribution in [0.5, 0.6) is 11.5 Å². The molecule has 2 amide bonds. The van der Waals surface area contributed by atoms with Crippen molar-refractivity contribution in [2.45, 2.75) is 6.54 Å². The minimum absolute atomic E-state index is 0.126. The van der Waals surface area contributed by atoms with Crippen molar-refractivity contribution in [1.29, 1.82) is 0 Å². The fraction of sp³-hybridized carbons (Fsp3) is 0.409. The Morgan fingerprint density at radius 1 is 1.07 bits per heavy atom. The molecule has 7 heteroatoms. The van der Waals surface area contributed by atoms with Crippen LogP contribution in [0.2, 0.25) is 0 Å². The van der Waals surface area contributed by atoms with E-state index in [1.165, 1.54) is 0 Å². The zero-order chi connectivity index (χ0) is 20.5. The highest BCUT2D eigenvalue weighted by atomic mass is 16.5. The summed E-state index contributed by atoms with van der Waals surface area (Å²) in [5.74, 6) is 1.33. The van der Waals surface area contributed by atoms with Crippen LogP contribution in [0.1, 0.15) is 5.56 Å².